The highest BCUT2D eigenvalue weighted by atomic mass is 31.2. The summed E-state index contributed by atoms with van der Waals surface area (Å²) >= 11 is 0. The van der Waals surface area contributed by atoms with Crippen molar-refractivity contribution in [3.8, 4) is 0 Å². The van der Waals surface area contributed by atoms with Crippen LogP contribution in [0.3, 0.4) is 0 Å². The quantitative estimate of drug-likeness (QED) is 0.283. The summed E-state index contributed by atoms with van der Waals surface area (Å²) < 4.78 is 84.2. The van der Waals surface area contributed by atoms with Crippen LogP contribution >= 0.6 is 7.37 Å². The molecule has 1 rings (SSSR count). The van der Waals surface area contributed by atoms with Crippen molar-refractivity contribution in [1.82, 2.24) is 0 Å². The highest BCUT2D eigenvalue weighted by Crippen LogP contribution is 2.52. The van der Waals surface area contributed by atoms with Crippen LogP contribution in [0.15, 0.2) is 0 Å². The summed E-state index contributed by atoms with van der Waals surface area (Å²) in [5.41, 5.74) is -1.39. The molecule has 2 atom stereocenters. The number of benzene rings is 1. The molecule has 0 aromatic heterocycles. The van der Waals surface area contributed by atoms with Crippen LogP contribution in [0.2, 0.25) is 0 Å². The number of aliphatic carboxylic acids is 2. The van der Waals surface area contributed by atoms with Crippen molar-refractivity contribution >= 4 is 19.3 Å². The maximum atomic E-state index is 13.7. The summed E-state index contributed by atoms with van der Waals surface area (Å²) in [5.74, 6) is -15.6. The molecule has 0 bridgehead atoms. The van der Waals surface area contributed by atoms with E-state index < -0.39 is 85.0 Å². The average Bonchev–Trinajstić information content (AvgIpc) is 2.58. The predicted octanol–water partition coefficient (Wildman–Crippen LogP) is 3.37. The van der Waals surface area contributed by atoms with Crippen LogP contribution in [0.25, 0.3) is 0 Å². The van der Waals surface area contributed by atoms with Crippen LogP contribution < -0.4 is 0 Å². The first kappa shape index (κ1) is 22.0. The summed E-state index contributed by atoms with van der Waals surface area (Å²) in [4.78, 5) is 21.7. The van der Waals surface area contributed by atoms with Crippen LogP contribution in [0, 0.1) is 35.0 Å². The van der Waals surface area contributed by atoms with Crippen LogP contribution in [-0.4, -0.2) is 35.4 Å². The second-order valence-corrected chi connectivity index (χ2v) is 8.03. The van der Waals surface area contributed by atoms with Crippen molar-refractivity contribution in [3.63, 3.8) is 0 Å². The van der Waals surface area contributed by atoms with Gasteiger partial charge in [0.15, 0.2) is 23.3 Å². The second kappa shape index (κ2) is 8.59. The Bertz CT molecular complexity index is 740. The minimum Gasteiger partial charge on any atom is -0.481 e. The van der Waals surface area contributed by atoms with E-state index in [1.54, 1.807) is 0 Å². The predicted molar refractivity (Wildman–Crippen MR) is 77.4 cm³/mol. The van der Waals surface area contributed by atoms with E-state index in [9.17, 15) is 36.1 Å². The van der Waals surface area contributed by atoms with Gasteiger partial charge in [0.1, 0.15) is 0 Å². The number of hydrogen-bond donors (Lipinski definition) is 2. The second-order valence-electron chi connectivity index (χ2n) is 5.35. The standard InChI is InChI=1S/C14H14F5O6P/c1-25-26(24,4-6(14(22)23)2-3-8(20)21)5-7-9(15)11(17)13(19)12(18)10(7)16/h6H,2-5H2,1H3,(H,20,21)(H,22,23). The molecule has 2 N–H and O–H groups in total. The first-order valence-electron chi connectivity index (χ1n) is 7.02. The Morgan fingerprint density at radius 1 is 1.00 bits per heavy atom. The van der Waals surface area contributed by atoms with Gasteiger partial charge in [0, 0.05) is 25.3 Å². The lowest BCUT2D eigenvalue weighted by Crippen LogP contribution is -2.21. The Hall–Kier alpha value is -2.00. The summed E-state index contributed by atoms with van der Waals surface area (Å²) in [7, 11) is -3.39. The van der Waals surface area contributed by atoms with Crippen molar-refractivity contribution in [2.45, 2.75) is 19.0 Å². The zero-order chi connectivity index (χ0) is 20.2. The van der Waals surface area contributed by atoms with Crippen LogP contribution in [0.1, 0.15) is 18.4 Å². The molecular formula is C14H14F5O6P. The third kappa shape index (κ3) is 5.01. The zero-order valence-electron chi connectivity index (χ0n) is 13.3. The highest BCUT2D eigenvalue weighted by molar-refractivity contribution is 7.58. The number of halogens is 5. The summed E-state index contributed by atoms with van der Waals surface area (Å²) in [5, 5.41) is 17.6. The molecule has 6 nitrogen and oxygen atoms in total. The number of carboxylic acids is 2. The zero-order valence-corrected chi connectivity index (χ0v) is 14.2. The van der Waals surface area contributed by atoms with Gasteiger partial charge < -0.3 is 14.7 Å². The van der Waals surface area contributed by atoms with Gasteiger partial charge in [0.25, 0.3) is 0 Å². The molecule has 0 radical (unpaired) electrons. The Kier molecular flexibility index (Phi) is 7.28. The van der Waals surface area contributed by atoms with Crippen molar-refractivity contribution in [2.24, 2.45) is 5.92 Å². The average molecular weight is 404 g/mol. The summed E-state index contributed by atoms with van der Waals surface area (Å²) in [6.45, 7) is 0. The van der Waals surface area contributed by atoms with Gasteiger partial charge in [-0.1, -0.05) is 0 Å². The molecule has 1 aromatic rings. The molecule has 1 aromatic carbocycles. The fourth-order valence-corrected chi connectivity index (χ4v) is 4.34. The topological polar surface area (TPSA) is 101 Å². The highest BCUT2D eigenvalue weighted by Gasteiger charge is 2.35. The molecule has 0 fully saturated rings. The molecule has 0 aliphatic carbocycles. The maximum absolute atomic E-state index is 13.7. The largest absolute Gasteiger partial charge is 0.481 e. The van der Waals surface area contributed by atoms with E-state index in [4.69, 9.17) is 10.2 Å². The molecule has 0 saturated heterocycles. The fourth-order valence-electron chi connectivity index (χ4n) is 2.16. The van der Waals surface area contributed by atoms with Gasteiger partial charge in [-0.2, -0.15) is 0 Å². The molecule has 26 heavy (non-hydrogen) atoms. The van der Waals surface area contributed by atoms with Gasteiger partial charge in [-0.05, 0) is 6.42 Å². The summed E-state index contributed by atoms with van der Waals surface area (Å²) in [6, 6.07) is 0. The summed E-state index contributed by atoms with van der Waals surface area (Å²) in [6.07, 6.45) is -3.14. The van der Waals surface area contributed by atoms with E-state index in [2.05, 4.69) is 4.52 Å². The van der Waals surface area contributed by atoms with Crippen LogP contribution in [0.4, 0.5) is 22.0 Å². The third-order valence-electron chi connectivity index (χ3n) is 3.59. The van der Waals surface area contributed by atoms with E-state index in [1.807, 2.05) is 0 Å². The van der Waals surface area contributed by atoms with E-state index in [-0.39, 0.29) is 0 Å². The van der Waals surface area contributed by atoms with Crippen molar-refractivity contribution in [1.29, 1.82) is 0 Å². The molecule has 2 unspecified atom stereocenters. The molecule has 0 aliphatic heterocycles. The molecule has 12 heteroatoms. The van der Waals surface area contributed by atoms with Gasteiger partial charge in [0.2, 0.25) is 13.2 Å². The Morgan fingerprint density at radius 3 is 1.85 bits per heavy atom. The maximum Gasteiger partial charge on any atom is 0.307 e. The molecule has 0 spiro atoms. The lowest BCUT2D eigenvalue weighted by molar-refractivity contribution is -0.142. The Labute approximate surface area is 144 Å². The van der Waals surface area contributed by atoms with E-state index in [1.165, 1.54) is 0 Å². The SMILES string of the molecule is COP(=O)(Cc1c(F)c(F)c(F)c(F)c1F)CC(CCC(=O)O)C(=O)O. The molecule has 146 valence electrons. The van der Waals surface area contributed by atoms with Gasteiger partial charge in [0.05, 0.1) is 12.1 Å². The Balaban J connectivity index is 3.20. The molecular weight excluding hydrogens is 390 g/mol. The lowest BCUT2D eigenvalue weighted by atomic mass is 10.1. The van der Waals surface area contributed by atoms with Gasteiger partial charge in [-0.25, -0.2) is 22.0 Å². The van der Waals surface area contributed by atoms with Gasteiger partial charge in [-0.3, -0.25) is 14.2 Å². The monoisotopic (exact) mass is 404 g/mol. The minimum absolute atomic E-state index is 0.463. The van der Waals surface area contributed by atoms with Crippen molar-refractivity contribution in [2.75, 3.05) is 13.3 Å². The molecule has 0 saturated carbocycles. The molecule has 0 amide bonds. The first-order chi connectivity index (χ1) is 11.9. The molecule has 0 heterocycles. The number of hydrogen-bond acceptors (Lipinski definition) is 4. The van der Waals surface area contributed by atoms with Crippen LogP contribution in [0.5, 0.6) is 0 Å². The lowest BCUT2D eigenvalue weighted by Gasteiger charge is -2.21. The van der Waals surface area contributed by atoms with Gasteiger partial charge >= 0.3 is 11.9 Å². The fraction of sp³-hybridized carbons (Fsp3) is 0.429. The minimum atomic E-state index is -4.21. The van der Waals surface area contributed by atoms with Crippen molar-refractivity contribution in [3.05, 3.63) is 34.6 Å². The van der Waals surface area contributed by atoms with Crippen molar-refractivity contribution < 1.29 is 50.8 Å². The molecule has 0 aliphatic rings. The normalized spacial score (nSPS) is 14.7. The van der Waals surface area contributed by atoms with Crippen LogP contribution in [-0.2, 0) is 24.8 Å². The van der Waals surface area contributed by atoms with E-state index in [0.717, 1.165) is 7.11 Å². The van der Waals surface area contributed by atoms with Gasteiger partial charge in [-0.15, -0.1) is 0 Å². The third-order valence-corrected chi connectivity index (χ3v) is 6.05. The smallest absolute Gasteiger partial charge is 0.307 e. The number of rotatable bonds is 9. The number of carbonyl (C=O) groups is 2. The Morgan fingerprint density at radius 2 is 1.46 bits per heavy atom. The van der Waals surface area contributed by atoms with E-state index in [0.29, 0.717) is 0 Å². The van der Waals surface area contributed by atoms with E-state index >= 15 is 0 Å². The first-order valence-corrected chi connectivity index (χ1v) is 9.01. The number of carboxylic acid groups (broad SMARTS) is 2.